The highest BCUT2D eigenvalue weighted by atomic mass is 32.1. The van der Waals surface area contributed by atoms with Crippen LogP contribution in [0.15, 0.2) is 503 Å². The summed E-state index contributed by atoms with van der Waals surface area (Å²) in [7, 11) is 0. The molecule has 29 rings (SSSR count). The van der Waals surface area contributed by atoms with Crippen LogP contribution in [-0.2, 0) is 0 Å². The normalized spacial score (nSPS) is 11.6. The number of hydrogen-bond acceptors (Lipinski definition) is 12. The third-order valence-corrected chi connectivity index (χ3v) is 29.6. The van der Waals surface area contributed by atoms with Crippen molar-refractivity contribution in [2.24, 2.45) is 0 Å². The molecule has 144 heavy (non-hydrogen) atoms. The van der Waals surface area contributed by atoms with Crippen molar-refractivity contribution in [1.82, 2.24) is 29.9 Å². The Morgan fingerprint density at radius 3 is 0.701 bits per heavy atom. The Balaban J connectivity index is 0.000000108. The number of rotatable bonds is 14. The number of para-hydroxylation sites is 4. The van der Waals surface area contributed by atoms with Gasteiger partial charge in [-0.3, -0.25) is 0 Å². The maximum absolute atomic E-state index is 6.29. The van der Waals surface area contributed by atoms with Crippen LogP contribution in [-0.4, -0.2) is 29.9 Å². The van der Waals surface area contributed by atoms with Gasteiger partial charge in [-0.25, -0.2) is 29.9 Å². The lowest BCUT2D eigenvalue weighted by molar-refractivity contribution is 0.668. The summed E-state index contributed by atoms with van der Waals surface area (Å²) in [6, 6.07) is 169. The van der Waals surface area contributed by atoms with Crippen molar-refractivity contribution < 1.29 is 17.7 Å². The van der Waals surface area contributed by atoms with Crippen molar-refractivity contribution in [3.05, 3.63) is 485 Å². The standard InChI is InChI=1S/2C46H28N2O2.C40H24N2S2/c1-3-11-29(12-4-1)33-23-34(30-13-5-2-6-14-30)25-35(24-33)41-28-40(31-19-21-38-36-15-7-9-17-42(36)49-44(38)26-31)47-46(48-41)32-20-22-39-37-16-8-10-18-43(37)50-45(39)27-32;1-2-9-29(10-3-1)32-11-8-12-33(25-32)30-17-19-31(20-18-30)40-28-41(34-21-23-38-36-13-4-6-15-42(36)49-44(38)26-34)48-46(47-40)35-22-24-39-37-14-5-7-16-43(37)50-45(39)27-35;1-2-9-25(10-3-1)26-11-8-12-29(21-26)40-41-34(27-17-19-32-30-13-4-6-15-36(30)43-38(32)22-27)24-35(42-40)28-18-20-33-31-14-5-7-16-37(31)44-39(33)23-28/h2*1-28H;1-24H. The molecule has 0 saturated heterocycles. The first-order valence-corrected chi connectivity index (χ1v) is 49.7. The van der Waals surface area contributed by atoms with Crippen LogP contribution >= 0.6 is 22.7 Å². The average molecular weight is 1880 g/mol. The predicted molar refractivity (Wildman–Crippen MR) is 597 cm³/mol. The molecule has 0 fully saturated rings. The molecular weight excluding hydrogens is 1800 g/mol. The fourth-order valence-corrected chi connectivity index (χ4v) is 22.4. The van der Waals surface area contributed by atoms with E-state index in [0.29, 0.717) is 11.6 Å². The van der Waals surface area contributed by atoms with Gasteiger partial charge in [0.25, 0.3) is 0 Å². The molecule has 0 radical (unpaired) electrons. The fourth-order valence-electron chi connectivity index (χ4n) is 20.1. The summed E-state index contributed by atoms with van der Waals surface area (Å²) in [5, 5.41) is 13.9. The third-order valence-electron chi connectivity index (χ3n) is 27.3. The van der Waals surface area contributed by atoms with E-state index >= 15 is 0 Å². The summed E-state index contributed by atoms with van der Waals surface area (Å²) in [5.41, 5.74) is 32.3. The number of hydrogen-bond donors (Lipinski definition) is 0. The van der Waals surface area contributed by atoms with Crippen molar-refractivity contribution in [3.63, 3.8) is 0 Å². The maximum Gasteiger partial charge on any atom is 0.160 e. The van der Waals surface area contributed by atoms with E-state index < -0.39 is 0 Å². The van der Waals surface area contributed by atoms with Gasteiger partial charge in [0, 0.05) is 134 Å². The summed E-state index contributed by atoms with van der Waals surface area (Å²) >= 11 is 3.67. The Kier molecular flexibility index (Phi) is 21.1. The highest BCUT2D eigenvalue weighted by Crippen LogP contribution is 2.46. The molecule has 0 bridgehead atoms. The summed E-state index contributed by atoms with van der Waals surface area (Å²) in [5.74, 6) is 1.98. The number of thiophene rings is 2. The Hall–Kier alpha value is -18.7. The minimum absolute atomic E-state index is 0.621. The van der Waals surface area contributed by atoms with Crippen LogP contribution < -0.4 is 0 Å². The molecule has 0 saturated carbocycles. The molecule has 674 valence electrons. The Morgan fingerprint density at radius 1 is 0.118 bits per heavy atom. The van der Waals surface area contributed by atoms with Gasteiger partial charge >= 0.3 is 0 Å². The van der Waals surface area contributed by atoms with Crippen molar-refractivity contribution in [2.45, 2.75) is 0 Å². The zero-order chi connectivity index (χ0) is 95.1. The largest absolute Gasteiger partial charge is 0.456 e. The van der Waals surface area contributed by atoms with E-state index in [0.717, 1.165) is 211 Å². The van der Waals surface area contributed by atoms with Crippen molar-refractivity contribution >= 4 is 151 Å². The summed E-state index contributed by atoms with van der Waals surface area (Å²) in [6.45, 7) is 0. The van der Waals surface area contributed by atoms with Crippen LogP contribution in [0.25, 0.3) is 285 Å². The second-order valence-electron chi connectivity index (χ2n) is 36.2. The molecule has 0 unspecified atom stereocenters. The molecule has 0 spiro atoms. The summed E-state index contributed by atoms with van der Waals surface area (Å²) in [4.78, 5) is 31.1. The lowest BCUT2D eigenvalue weighted by Crippen LogP contribution is -1.96. The molecule has 0 aliphatic rings. The molecule has 10 nitrogen and oxygen atoms in total. The Morgan fingerprint density at radius 2 is 0.333 bits per heavy atom. The van der Waals surface area contributed by atoms with Gasteiger partial charge in [-0.15, -0.1) is 22.7 Å². The maximum atomic E-state index is 6.29. The first kappa shape index (κ1) is 84.6. The smallest absolute Gasteiger partial charge is 0.160 e. The van der Waals surface area contributed by atoms with Gasteiger partial charge in [0.05, 0.1) is 34.2 Å². The summed E-state index contributed by atoms with van der Waals surface area (Å²) < 4.78 is 30.2. The van der Waals surface area contributed by atoms with E-state index in [1.807, 2.05) is 126 Å². The average Bonchev–Trinajstić information content (AvgIpc) is 1.54. The Labute approximate surface area is 834 Å². The molecule has 29 aromatic rings. The number of fused-ring (bicyclic) bond motifs is 18. The Bertz CT molecular complexity index is 9610. The summed E-state index contributed by atoms with van der Waals surface area (Å²) in [6.07, 6.45) is 0. The molecule has 9 aromatic heterocycles. The van der Waals surface area contributed by atoms with Crippen LogP contribution in [0.2, 0.25) is 0 Å². The van der Waals surface area contributed by atoms with Gasteiger partial charge in [-0.2, -0.15) is 0 Å². The topological polar surface area (TPSA) is 130 Å². The van der Waals surface area contributed by atoms with Crippen LogP contribution in [0.3, 0.4) is 0 Å². The quantitative estimate of drug-likeness (QED) is 0.104. The molecule has 20 aromatic carbocycles. The minimum Gasteiger partial charge on any atom is -0.456 e. The van der Waals surface area contributed by atoms with E-state index in [-0.39, 0.29) is 0 Å². The minimum atomic E-state index is 0.621. The third kappa shape index (κ3) is 16.0. The monoisotopic (exact) mass is 1880 g/mol. The number of aromatic nitrogens is 6. The van der Waals surface area contributed by atoms with Crippen LogP contribution in [0, 0.1) is 0 Å². The first-order chi connectivity index (χ1) is 71.2. The number of benzene rings is 20. The molecule has 0 amide bonds. The van der Waals surface area contributed by atoms with Gasteiger partial charge in [0.15, 0.2) is 17.5 Å². The van der Waals surface area contributed by atoms with Crippen molar-refractivity contribution in [3.8, 4) is 157 Å². The van der Waals surface area contributed by atoms with Crippen LogP contribution in [0.5, 0.6) is 0 Å². The van der Waals surface area contributed by atoms with E-state index in [2.05, 4.69) is 382 Å². The van der Waals surface area contributed by atoms with Gasteiger partial charge in [-0.05, 0) is 201 Å². The van der Waals surface area contributed by atoms with Crippen molar-refractivity contribution in [2.75, 3.05) is 0 Å². The highest BCUT2D eigenvalue weighted by Gasteiger charge is 2.23. The van der Waals surface area contributed by atoms with Gasteiger partial charge < -0.3 is 17.7 Å². The SMILES string of the molecule is c1ccc(-c2cc(-c3ccccc3)cc(-c3cc(-c4ccc5c(c4)oc4ccccc45)nc(-c4ccc5c(c4)oc4ccccc45)n3)c2)cc1.c1ccc(-c2cccc(-c3ccc(-c4cc(-c5ccc6c(c5)oc5ccccc56)nc(-c5ccc6c(c5)oc5ccccc56)n4)cc3)c2)cc1.c1ccc(-c2cccc(-c3nc(-c4ccc5c(c4)sc4ccccc45)cc(-c4ccc5c(c4)sc4ccccc45)n3)c2)cc1. The van der Waals surface area contributed by atoms with Crippen LogP contribution in [0.1, 0.15) is 0 Å². The zero-order valence-corrected chi connectivity index (χ0v) is 79.0. The fraction of sp³-hybridized carbons (Fsp3) is 0. The number of nitrogens with zero attached hydrogens (tertiary/aromatic N) is 6. The molecule has 0 aliphatic heterocycles. The lowest BCUT2D eigenvalue weighted by Gasteiger charge is -2.13. The second-order valence-corrected chi connectivity index (χ2v) is 38.4. The zero-order valence-electron chi connectivity index (χ0n) is 77.3. The van der Waals surface area contributed by atoms with Gasteiger partial charge in [0.2, 0.25) is 0 Å². The lowest BCUT2D eigenvalue weighted by atomic mass is 9.94. The number of furan rings is 4. The molecular formula is C132H80N6O4S2. The van der Waals surface area contributed by atoms with Crippen molar-refractivity contribution in [1.29, 1.82) is 0 Å². The highest BCUT2D eigenvalue weighted by molar-refractivity contribution is 7.26. The van der Waals surface area contributed by atoms with Gasteiger partial charge in [0.1, 0.15) is 44.7 Å². The van der Waals surface area contributed by atoms with E-state index in [9.17, 15) is 0 Å². The molecule has 0 N–H and O–H groups in total. The van der Waals surface area contributed by atoms with Gasteiger partial charge in [-0.1, -0.05) is 340 Å². The van der Waals surface area contributed by atoms with E-state index in [4.69, 9.17) is 47.6 Å². The second kappa shape index (κ2) is 35.9. The molecule has 12 heteroatoms. The first-order valence-electron chi connectivity index (χ1n) is 48.1. The van der Waals surface area contributed by atoms with E-state index in [1.54, 1.807) is 0 Å². The predicted octanol–water partition coefficient (Wildman–Crippen LogP) is 37.1. The molecule has 0 atom stereocenters. The molecule has 0 aliphatic carbocycles. The van der Waals surface area contributed by atoms with E-state index in [1.165, 1.54) is 62.6 Å². The van der Waals surface area contributed by atoms with Crippen LogP contribution in [0.4, 0.5) is 0 Å². The molecule has 9 heterocycles.